The summed E-state index contributed by atoms with van der Waals surface area (Å²) in [5.74, 6) is -1.11. The highest BCUT2D eigenvalue weighted by Crippen LogP contribution is 2.16. The molecule has 0 aliphatic heterocycles. The van der Waals surface area contributed by atoms with Gasteiger partial charge in [-0.05, 0) is 44.4 Å². The van der Waals surface area contributed by atoms with Crippen LogP contribution in [0.5, 0.6) is 0 Å². The Balaban J connectivity index is 0.00000216. The van der Waals surface area contributed by atoms with E-state index in [1.807, 2.05) is 6.92 Å². The van der Waals surface area contributed by atoms with Crippen LogP contribution < -0.4 is 9.67 Å². The molecule has 1 heterocycles. The predicted molar refractivity (Wildman–Crippen MR) is 222 cm³/mol. The van der Waals surface area contributed by atoms with Gasteiger partial charge in [-0.25, -0.2) is 9.13 Å². The van der Waals surface area contributed by atoms with E-state index in [1.165, 1.54) is 219 Å². The van der Waals surface area contributed by atoms with Gasteiger partial charge in [-0.1, -0.05) is 220 Å². The lowest BCUT2D eigenvalue weighted by atomic mass is 10.00. The minimum absolute atomic E-state index is 0.222. The zero-order valence-electron chi connectivity index (χ0n) is 35.4. The number of aryl methyl sites for hydroxylation is 2. The number of carbonyl (C=O) groups is 1. The molecule has 302 valence electrons. The van der Waals surface area contributed by atoms with E-state index in [-0.39, 0.29) is 5.92 Å². The van der Waals surface area contributed by atoms with E-state index in [2.05, 4.69) is 48.6 Å². The molecule has 0 spiro atoms. The maximum Gasteiger partial charge on any atom is 0.243 e. The fraction of sp³-hybridized carbons (Fsp3) is 0.915. The molecule has 0 aliphatic rings. The third-order valence-corrected chi connectivity index (χ3v) is 11.0. The van der Waals surface area contributed by atoms with E-state index in [0.717, 1.165) is 19.3 Å². The third kappa shape index (κ3) is 36.8. The largest absolute Gasteiger partial charge is 0.550 e. The molecule has 0 amide bonds. The molecule has 0 saturated heterocycles. The molecule has 0 saturated carbocycles. The van der Waals surface area contributed by atoms with Crippen LogP contribution in [-0.2, 0) is 17.9 Å². The third-order valence-electron chi connectivity index (χ3n) is 11.0. The minimum atomic E-state index is -0.893. The number of aromatic nitrogens is 2. The van der Waals surface area contributed by atoms with Gasteiger partial charge in [-0.3, -0.25) is 0 Å². The van der Waals surface area contributed by atoms with E-state index >= 15 is 0 Å². The number of imidazole rings is 1. The molecule has 1 atom stereocenters. The van der Waals surface area contributed by atoms with E-state index < -0.39 is 5.97 Å². The lowest BCUT2D eigenvalue weighted by molar-refractivity contribution is -0.696. The Kier molecular flexibility index (Phi) is 40.4. The van der Waals surface area contributed by atoms with Crippen LogP contribution in [0.1, 0.15) is 259 Å². The number of aliphatic carboxylic acids is 1. The van der Waals surface area contributed by atoms with Crippen molar-refractivity contribution in [1.29, 1.82) is 0 Å². The Morgan fingerprint density at radius 3 is 1.16 bits per heavy atom. The number of carboxylic acids is 1. The maximum atomic E-state index is 10.3. The Morgan fingerprint density at radius 1 is 0.490 bits per heavy atom. The Hall–Kier alpha value is -1.32. The summed E-state index contributed by atoms with van der Waals surface area (Å²) in [6, 6.07) is 0. The van der Waals surface area contributed by atoms with Gasteiger partial charge in [-0.15, -0.1) is 0 Å². The highest BCUT2D eigenvalue weighted by Gasteiger charge is 2.05. The highest BCUT2D eigenvalue weighted by molar-refractivity contribution is 5.67. The van der Waals surface area contributed by atoms with Crippen LogP contribution in [0.25, 0.3) is 0 Å². The quantitative estimate of drug-likeness (QED) is 0.0503. The second-order valence-corrected chi connectivity index (χ2v) is 16.1. The van der Waals surface area contributed by atoms with Crippen LogP contribution in [0.3, 0.4) is 0 Å². The number of carboxylic acid groups (broad SMARTS) is 1. The number of rotatable bonds is 39. The SMILES string of the molecule is CCCCC(CC)C(=O)[O-].CCCCCCCCCCCCCCCCCCn1cc[n+](CCCCCCCCCCCCCCCCCC)c1. The molecule has 1 unspecified atom stereocenters. The molecule has 0 aromatic carbocycles. The van der Waals surface area contributed by atoms with Crippen LogP contribution in [-0.4, -0.2) is 10.5 Å². The van der Waals surface area contributed by atoms with Gasteiger partial charge in [0.05, 0.1) is 13.1 Å². The zero-order valence-corrected chi connectivity index (χ0v) is 35.4. The van der Waals surface area contributed by atoms with Gasteiger partial charge >= 0.3 is 0 Å². The van der Waals surface area contributed by atoms with E-state index in [9.17, 15) is 9.90 Å². The molecule has 0 aliphatic carbocycles. The highest BCUT2D eigenvalue weighted by atomic mass is 16.4. The first-order valence-electron chi connectivity index (χ1n) is 23.3. The predicted octanol–water partition coefficient (Wildman–Crippen LogP) is 14.3. The normalized spacial score (nSPS) is 11.8. The summed E-state index contributed by atoms with van der Waals surface area (Å²) < 4.78 is 4.83. The first kappa shape index (κ1) is 49.7. The molecular weight excluding hydrogens is 625 g/mol. The smallest absolute Gasteiger partial charge is 0.243 e. The lowest BCUT2D eigenvalue weighted by Crippen LogP contribution is -2.30. The van der Waals surface area contributed by atoms with Crippen LogP contribution in [0.15, 0.2) is 18.7 Å². The van der Waals surface area contributed by atoms with Crippen LogP contribution in [0.4, 0.5) is 0 Å². The molecule has 51 heavy (non-hydrogen) atoms. The molecule has 0 N–H and O–H groups in total. The van der Waals surface area contributed by atoms with Crippen LogP contribution >= 0.6 is 0 Å². The second kappa shape index (κ2) is 41.4. The standard InChI is InChI=1S/C39H77N2.C8H16O2/c1-3-5-7-9-11-13-15-17-19-21-23-25-27-29-31-33-35-40-37-38-41(39-40)36-34-32-30-28-26-24-22-20-18-16-14-12-10-8-6-4-2;1-3-5-6-7(4-2)8(9)10/h37-39H,3-36H2,1-2H3;7H,3-6H2,1-2H3,(H,9,10)/q+1;/p-1. The van der Waals surface area contributed by atoms with Gasteiger partial charge in [0.25, 0.3) is 0 Å². The van der Waals surface area contributed by atoms with Gasteiger partial charge in [-0.2, -0.15) is 0 Å². The van der Waals surface area contributed by atoms with Crippen molar-refractivity contribution in [3.63, 3.8) is 0 Å². The topological polar surface area (TPSA) is 48.9 Å². The van der Waals surface area contributed by atoms with Crippen molar-refractivity contribution in [2.75, 3.05) is 0 Å². The van der Waals surface area contributed by atoms with Gasteiger partial charge in [0.15, 0.2) is 0 Å². The Bertz CT molecular complexity index is 755. The van der Waals surface area contributed by atoms with Gasteiger partial charge < -0.3 is 9.90 Å². The molecule has 1 aromatic heterocycles. The fourth-order valence-electron chi connectivity index (χ4n) is 7.33. The lowest BCUT2D eigenvalue weighted by Gasteiger charge is -2.14. The molecule has 1 rings (SSSR count). The number of hydrogen-bond acceptors (Lipinski definition) is 2. The van der Waals surface area contributed by atoms with Crippen molar-refractivity contribution in [3.05, 3.63) is 18.7 Å². The maximum absolute atomic E-state index is 10.3. The average molecular weight is 717 g/mol. The zero-order chi connectivity index (χ0) is 37.3. The van der Waals surface area contributed by atoms with Crippen molar-refractivity contribution in [3.8, 4) is 0 Å². The first-order valence-corrected chi connectivity index (χ1v) is 23.3. The summed E-state index contributed by atoms with van der Waals surface area (Å²) in [6.45, 7) is 11.0. The van der Waals surface area contributed by atoms with Gasteiger partial charge in [0, 0.05) is 5.97 Å². The number of nitrogens with zero attached hydrogens (tertiary/aromatic N) is 2. The first-order chi connectivity index (χ1) is 25.1. The molecule has 4 heteroatoms. The summed E-state index contributed by atoms with van der Waals surface area (Å²) >= 11 is 0. The summed E-state index contributed by atoms with van der Waals surface area (Å²) in [4.78, 5) is 10.3. The average Bonchev–Trinajstić information content (AvgIpc) is 3.59. The van der Waals surface area contributed by atoms with Crippen LogP contribution in [0.2, 0.25) is 0 Å². The van der Waals surface area contributed by atoms with E-state index in [4.69, 9.17) is 0 Å². The molecule has 1 aromatic rings. The second-order valence-electron chi connectivity index (χ2n) is 16.1. The summed E-state index contributed by atoms with van der Waals surface area (Å²) in [7, 11) is 0. The van der Waals surface area contributed by atoms with E-state index in [1.54, 1.807) is 0 Å². The van der Waals surface area contributed by atoms with Gasteiger partial charge in [0.2, 0.25) is 6.33 Å². The molecule has 0 fully saturated rings. The summed E-state index contributed by atoms with van der Waals surface area (Å²) in [5, 5.41) is 10.3. The number of hydrogen-bond donors (Lipinski definition) is 0. The van der Waals surface area contributed by atoms with Crippen molar-refractivity contribution >= 4 is 5.97 Å². The van der Waals surface area contributed by atoms with Crippen molar-refractivity contribution in [2.45, 2.75) is 272 Å². The summed E-state index contributed by atoms with van der Waals surface area (Å²) in [6.07, 6.45) is 56.7. The van der Waals surface area contributed by atoms with Crippen LogP contribution in [0, 0.1) is 5.92 Å². The summed E-state index contributed by atoms with van der Waals surface area (Å²) in [5.41, 5.74) is 0. The van der Waals surface area contributed by atoms with Crippen molar-refractivity contribution in [1.82, 2.24) is 4.57 Å². The molecule has 0 bridgehead atoms. The fourth-order valence-corrected chi connectivity index (χ4v) is 7.33. The monoisotopic (exact) mass is 717 g/mol. The number of unbranched alkanes of at least 4 members (excludes halogenated alkanes) is 31. The van der Waals surface area contributed by atoms with Crippen molar-refractivity contribution < 1.29 is 14.5 Å². The van der Waals surface area contributed by atoms with Crippen molar-refractivity contribution in [2.24, 2.45) is 5.92 Å². The van der Waals surface area contributed by atoms with Gasteiger partial charge in [0.1, 0.15) is 12.4 Å². The Labute approximate surface area is 320 Å². The molecule has 0 radical (unpaired) electrons. The molecule has 4 nitrogen and oxygen atoms in total. The Morgan fingerprint density at radius 2 is 0.824 bits per heavy atom. The molecular formula is C47H92N2O2. The van der Waals surface area contributed by atoms with E-state index in [0.29, 0.717) is 6.42 Å². The minimum Gasteiger partial charge on any atom is -0.550 e. The number of carbonyl (C=O) groups excluding carboxylic acids is 1.